The van der Waals surface area contributed by atoms with Crippen molar-refractivity contribution in [2.24, 2.45) is 0 Å². The fourth-order valence-corrected chi connectivity index (χ4v) is 4.22. The van der Waals surface area contributed by atoms with Crippen molar-refractivity contribution in [3.05, 3.63) is 71.8 Å². The summed E-state index contributed by atoms with van der Waals surface area (Å²) in [6.45, 7) is 7.31. The molecule has 0 saturated carbocycles. The lowest BCUT2D eigenvalue weighted by Crippen LogP contribution is -2.09. The van der Waals surface area contributed by atoms with Gasteiger partial charge in [-0.15, -0.1) is 0 Å². The Morgan fingerprint density at radius 3 is 2.43 bits per heavy atom. The summed E-state index contributed by atoms with van der Waals surface area (Å²) >= 11 is 0. The molecule has 0 unspecified atom stereocenters. The molecule has 8 nitrogen and oxygen atoms in total. The predicted octanol–water partition coefficient (Wildman–Crippen LogP) is 5.83. The zero-order chi connectivity index (χ0) is 26.1. The van der Waals surface area contributed by atoms with Crippen molar-refractivity contribution >= 4 is 17.6 Å². The highest BCUT2D eigenvalue weighted by molar-refractivity contribution is 5.92. The first-order valence-electron chi connectivity index (χ1n) is 12.0. The maximum atomic E-state index is 12.3. The maximum absolute atomic E-state index is 12.3. The molecule has 0 aliphatic carbocycles. The second-order valence-electron chi connectivity index (χ2n) is 8.87. The Morgan fingerprint density at radius 2 is 1.70 bits per heavy atom. The van der Waals surface area contributed by atoms with Crippen LogP contribution in [0.4, 0.5) is 5.69 Å². The second kappa shape index (κ2) is 9.81. The average molecular weight is 498 g/mol. The smallest absolute Gasteiger partial charge is 0.309 e. The van der Waals surface area contributed by atoms with Gasteiger partial charge in [-0.3, -0.25) is 9.59 Å². The third-order valence-electron chi connectivity index (χ3n) is 6.10. The SMILES string of the molecule is CCC(=O)Nc1ccc(-c2c(-c3ccc4c(c3)OCO4)nn(-c3cc(C)ccc3C)c2OC(C)=O)cc1. The Hall–Kier alpha value is -4.59. The number of ether oxygens (including phenoxy) is 3. The van der Waals surface area contributed by atoms with E-state index in [1.54, 1.807) is 11.6 Å². The number of amides is 1. The lowest BCUT2D eigenvalue weighted by Gasteiger charge is -2.12. The van der Waals surface area contributed by atoms with E-state index in [0.29, 0.717) is 40.7 Å². The van der Waals surface area contributed by atoms with Crippen LogP contribution >= 0.6 is 0 Å². The van der Waals surface area contributed by atoms with Gasteiger partial charge in [0.25, 0.3) is 0 Å². The predicted molar refractivity (Wildman–Crippen MR) is 140 cm³/mol. The molecule has 37 heavy (non-hydrogen) atoms. The number of carbonyl (C=O) groups is 2. The van der Waals surface area contributed by atoms with E-state index in [0.717, 1.165) is 27.9 Å². The summed E-state index contributed by atoms with van der Waals surface area (Å²) in [6, 6.07) is 19.0. The van der Waals surface area contributed by atoms with Crippen LogP contribution in [0, 0.1) is 13.8 Å². The Bertz CT molecular complexity index is 1500. The molecule has 0 fully saturated rings. The molecule has 3 aromatic carbocycles. The minimum Gasteiger partial charge on any atom is -0.454 e. The van der Waals surface area contributed by atoms with E-state index < -0.39 is 5.97 Å². The van der Waals surface area contributed by atoms with E-state index in [9.17, 15) is 9.59 Å². The lowest BCUT2D eigenvalue weighted by atomic mass is 10.0. The highest BCUT2D eigenvalue weighted by atomic mass is 16.7. The van der Waals surface area contributed by atoms with Crippen LogP contribution in [-0.2, 0) is 9.59 Å². The van der Waals surface area contributed by atoms with Gasteiger partial charge in [0.15, 0.2) is 11.5 Å². The molecule has 5 rings (SSSR count). The highest BCUT2D eigenvalue weighted by Crippen LogP contribution is 2.44. The number of hydrogen-bond acceptors (Lipinski definition) is 6. The summed E-state index contributed by atoms with van der Waals surface area (Å²) < 4.78 is 18.6. The van der Waals surface area contributed by atoms with Crippen molar-refractivity contribution < 1.29 is 23.8 Å². The van der Waals surface area contributed by atoms with Crippen molar-refractivity contribution in [3.63, 3.8) is 0 Å². The first-order valence-corrected chi connectivity index (χ1v) is 12.0. The molecular weight excluding hydrogens is 470 g/mol. The summed E-state index contributed by atoms with van der Waals surface area (Å²) in [5.74, 6) is 1.06. The topological polar surface area (TPSA) is 91.7 Å². The molecule has 0 saturated heterocycles. The lowest BCUT2D eigenvalue weighted by molar-refractivity contribution is -0.132. The zero-order valence-electron chi connectivity index (χ0n) is 21.1. The summed E-state index contributed by atoms with van der Waals surface area (Å²) in [7, 11) is 0. The molecule has 1 amide bonds. The number of nitrogens with one attached hydrogen (secondary N) is 1. The maximum Gasteiger partial charge on any atom is 0.309 e. The van der Waals surface area contributed by atoms with Crippen LogP contribution in [-0.4, -0.2) is 28.4 Å². The Labute approximate surface area is 214 Å². The number of aryl methyl sites for hydroxylation is 2. The van der Waals surface area contributed by atoms with Gasteiger partial charge in [0.2, 0.25) is 18.6 Å². The Morgan fingerprint density at radius 1 is 0.973 bits per heavy atom. The van der Waals surface area contributed by atoms with Crippen LogP contribution in [0.2, 0.25) is 0 Å². The number of benzene rings is 3. The first kappa shape index (κ1) is 24.1. The third-order valence-corrected chi connectivity index (χ3v) is 6.10. The van der Waals surface area contributed by atoms with E-state index in [2.05, 4.69) is 5.32 Å². The van der Waals surface area contributed by atoms with E-state index in [-0.39, 0.29) is 12.7 Å². The molecule has 0 atom stereocenters. The monoisotopic (exact) mass is 497 g/mol. The number of carbonyl (C=O) groups excluding carboxylic acids is 2. The fourth-order valence-electron chi connectivity index (χ4n) is 4.22. The molecule has 2 heterocycles. The Kier molecular flexibility index (Phi) is 6.40. The highest BCUT2D eigenvalue weighted by Gasteiger charge is 2.26. The van der Waals surface area contributed by atoms with Gasteiger partial charge in [0.05, 0.1) is 11.3 Å². The van der Waals surface area contributed by atoms with E-state index in [1.165, 1.54) is 6.92 Å². The van der Waals surface area contributed by atoms with Crippen molar-refractivity contribution in [1.82, 2.24) is 9.78 Å². The second-order valence-corrected chi connectivity index (χ2v) is 8.87. The van der Waals surface area contributed by atoms with Gasteiger partial charge in [-0.25, -0.2) is 0 Å². The minimum atomic E-state index is -0.461. The molecule has 1 aliphatic rings. The molecule has 0 bridgehead atoms. The minimum absolute atomic E-state index is 0.0721. The molecule has 1 aromatic heterocycles. The van der Waals surface area contributed by atoms with E-state index in [4.69, 9.17) is 19.3 Å². The molecular formula is C29H27N3O5. The van der Waals surface area contributed by atoms with Crippen LogP contribution in [0.5, 0.6) is 17.4 Å². The van der Waals surface area contributed by atoms with Gasteiger partial charge in [-0.05, 0) is 66.9 Å². The van der Waals surface area contributed by atoms with Gasteiger partial charge in [0, 0.05) is 24.6 Å². The molecule has 0 spiro atoms. The fraction of sp³-hybridized carbons (Fsp3) is 0.207. The molecule has 4 aromatic rings. The van der Waals surface area contributed by atoms with Crippen molar-refractivity contribution in [1.29, 1.82) is 0 Å². The standard InChI is InChI=1S/C29H27N3O5/c1-5-26(34)30-22-11-8-20(9-12-22)27-28(21-10-13-24-25(15-21)36-16-35-24)31-32(29(27)37-19(4)33)23-14-17(2)6-7-18(23)3/h6-15H,5,16H2,1-4H3,(H,30,34). The molecule has 8 heteroatoms. The number of rotatable bonds is 6. The van der Waals surface area contributed by atoms with Crippen LogP contribution in [0.3, 0.4) is 0 Å². The number of hydrogen-bond donors (Lipinski definition) is 1. The summed E-state index contributed by atoms with van der Waals surface area (Å²) in [4.78, 5) is 24.2. The van der Waals surface area contributed by atoms with E-state index in [1.807, 2.05) is 74.5 Å². The van der Waals surface area contributed by atoms with Gasteiger partial charge in [0.1, 0.15) is 5.69 Å². The quantitative estimate of drug-likeness (QED) is 0.337. The van der Waals surface area contributed by atoms with Gasteiger partial charge >= 0.3 is 5.97 Å². The summed E-state index contributed by atoms with van der Waals surface area (Å²) in [5.41, 5.74) is 6.31. The van der Waals surface area contributed by atoms with Crippen LogP contribution in [0.15, 0.2) is 60.7 Å². The van der Waals surface area contributed by atoms with Crippen molar-refractivity contribution in [3.8, 4) is 45.5 Å². The van der Waals surface area contributed by atoms with Gasteiger partial charge in [-0.1, -0.05) is 31.2 Å². The van der Waals surface area contributed by atoms with Crippen LogP contribution < -0.4 is 19.5 Å². The van der Waals surface area contributed by atoms with Crippen LogP contribution in [0.1, 0.15) is 31.4 Å². The number of nitrogens with zero attached hydrogens (tertiary/aromatic N) is 2. The number of esters is 1. The molecule has 1 N–H and O–H groups in total. The number of fused-ring (bicyclic) bond motifs is 1. The molecule has 188 valence electrons. The third kappa shape index (κ3) is 4.78. The largest absolute Gasteiger partial charge is 0.454 e. The van der Waals surface area contributed by atoms with Crippen molar-refractivity contribution in [2.75, 3.05) is 12.1 Å². The summed E-state index contributed by atoms with van der Waals surface area (Å²) in [6.07, 6.45) is 0.384. The van der Waals surface area contributed by atoms with Gasteiger partial charge < -0.3 is 19.5 Å². The average Bonchev–Trinajstić information content (AvgIpc) is 3.50. The number of aromatic nitrogens is 2. The van der Waals surface area contributed by atoms with E-state index >= 15 is 0 Å². The first-order chi connectivity index (χ1) is 17.8. The Balaban J connectivity index is 1.74. The van der Waals surface area contributed by atoms with Crippen LogP contribution in [0.25, 0.3) is 28.1 Å². The molecule has 1 aliphatic heterocycles. The summed E-state index contributed by atoms with van der Waals surface area (Å²) in [5, 5.41) is 7.83. The van der Waals surface area contributed by atoms with Crippen molar-refractivity contribution in [2.45, 2.75) is 34.1 Å². The zero-order valence-corrected chi connectivity index (χ0v) is 21.1. The number of anilines is 1. The van der Waals surface area contributed by atoms with Gasteiger partial charge in [-0.2, -0.15) is 9.78 Å². The molecule has 0 radical (unpaired) electrons. The normalized spacial score (nSPS) is 11.9.